The number of nitrogens with two attached hydrogens (primary N) is 1. The van der Waals surface area contributed by atoms with Crippen molar-refractivity contribution in [2.24, 2.45) is 17.8 Å². The average molecular weight is 312 g/mol. The number of anilines is 1. The monoisotopic (exact) mass is 312 g/mol. The fourth-order valence-electron chi connectivity index (χ4n) is 3.01. The first kappa shape index (κ1) is 14.8. The molecule has 0 unspecified atom stereocenters. The zero-order valence-electron chi connectivity index (χ0n) is 12.1. The van der Waals surface area contributed by atoms with E-state index in [1.54, 1.807) is 0 Å². The van der Waals surface area contributed by atoms with Gasteiger partial charge in [-0.3, -0.25) is 0 Å². The number of nitrogens with one attached hydrogen (secondary N) is 1. The molecule has 0 bridgehead atoms. The highest BCUT2D eigenvalue weighted by molar-refractivity contribution is 7.89. The molecule has 4 nitrogen and oxygen atoms in total. The van der Waals surface area contributed by atoms with Crippen LogP contribution in [0.4, 0.5) is 10.1 Å². The van der Waals surface area contributed by atoms with Crippen molar-refractivity contribution in [1.82, 2.24) is 4.72 Å². The fourth-order valence-corrected chi connectivity index (χ4v) is 4.27. The Balaban J connectivity index is 1.77. The second-order valence-corrected chi connectivity index (χ2v) is 8.08. The molecule has 2 aliphatic carbocycles. The highest BCUT2D eigenvalue weighted by Gasteiger charge is 2.41. The molecule has 2 aliphatic rings. The van der Waals surface area contributed by atoms with Crippen molar-refractivity contribution in [2.75, 3.05) is 12.3 Å². The Bertz CT molecular complexity index is 640. The Labute approximate surface area is 125 Å². The molecule has 0 atom stereocenters. The van der Waals surface area contributed by atoms with E-state index in [-0.39, 0.29) is 16.1 Å². The van der Waals surface area contributed by atoms with E-state index >= 15 is 0 Å². The molecule has 0 radical (unpaired) electrons. The second kappa shape index (κ2) is 5.25. The van der Waals surface area contributed by atoms with Gasteiger partial charge in [0, 0.05) is 12.2 Å². The van der Waals surface area contributed by atoms with Crippen LogP contribution in [0.5, 0.6) is 0 Å². The van der Waals surface area contributed by atoms with Crippen LogP contribution in [-0.2, 0) is 10.0 Å². The largest absolute Gasteiger partial charge is 0.399 e. The highest BCUT2D eigenvalue weighted by Crippen LogP contribution is 2.48. The molecule has 6 heteroatoms. The van der Waals surface area contributed by atoms with Crippen LogP contribution in [0.3, 0.4) is 0 Å². The molecule has 3 rings (SSSR count). The number of benzene rings is 1. The number of hydrogen-bond acceptors (Lipinski definition) is 3. The molecular weight excluding hydrogens is 291 g/mol. The smallest absolute Gasteiger partial charge is 0.243 e. The summed E-state index contributed by atoms with van der Waals surface area (Å²) >= 11 is 0. The summed E-state index contributed by atoms with van der Waals surface area (Å²) in [4.78, 5) is -0.342. The van der Waals surface area contributed by atoms with Crippen LogP contribution in [0, 0.1) is 30.5 Å². The van der Waals surface area contributed by atoms with Crippen LogP contribution in [0.25, 0.3) is 0 Å². The Hall–Kier alpha value is -1.14. The summed E-state index contributed by atoms with van der Waals surface area (Å²) in [5.74, 6) is 0.983. The molecule has 0 aliphatic heterocycles. The molecule has 0 heterocycles. The molecule has 0 amide bonds. The van der Waals surface area contributed by atoms with Crippen LogP contribution < -0.4 is 10.5 Å². The van der Waals surface area contributed by atoms with Gasteiger partial charge in [-0.05, 0) is 68.1 Å². The van der Waals surface area contributed by atoms with Crippen molar-refractivity contribution in [2.45, 2.75) is 37.5 Å². The summed E-state index contributed by atoms with van der Waals surface area (Å²) < 4.78 is 41.3. The molecule has 2 fully saturated rings. The maximum atomic E-state index is 14.1. The minimum atomic E-state index is -3.85. The first-order valence-corrected chi connectivity index (χ1v) is 8.92. The van der Waals surface area contributed by atoms with E-state index in [9.17, 15) is 12.8 Å². The minimum absolute atomic E-state index is 0.247. The van der Waals surface area contributed by atoms with Gasteiger partial charge in [-0.15, -0.1) is 0 Å². The van der Waals surface area contributed by atoms with Crippen molar-refractivity contribution in [1.29, 1.82) is 0 Å². The van der Waals surface area contributed by atoms with Crippen molar-refractivity contribution in [3.05, 3.63) is 23.5 Å². The van der Waals surface area contributed by atoms with Crippen LogP contribution in [-0.4, -0.2) is 15.0 Å². The van der Waals surface area contributed by atoms with Crippen LogP contribution in [0.1, 0.15) is 31.2 Å². The third-order valence-electron chi connectivity index (χ3n) is 4.50. The van der Waals surface area contributed by atoms with E-state index < -0.39 is 15.8 Å². The molecule has 0 aromatic heterocycles. The summed E-state index contributed by atoms with van der Waals surface area (Å²) in [7, 11) is -3.85. The zero-order chi connectivity index (χ0) is 15.2. The summed E-state index contributed by atoms with van der Waals surface area (Å²) in [5, 5.41) is 0. The molecule has 1 aromatic rings. The first-order chi connectivity index (χ1) is 9.88. The lowest BCUT2D eigenvalue weighted by Crippen LogP contribution is -2.32. The molecular formula is C15H21FN2O2S. The van der Waals surface area contributed by atoms with Crippen molar-refractivity contribution < 1.29 is 12.8 Å². The Morgan fingerprint density at radius 3 is 2.38 bits per heavy atom. The predicted molar refractivity (Wildman–Crippen MR) is 79.7 cm³/mol. The second-order valence-electron chi connectivity index (χ2n) is 6.34. The van der Waals surface area contributed by atoms with Gasteiger partial charge in [-0.2, -0.15) is 0 Å². The van der Waals surface area contributed by atoms with E-state index in [1.165, 1.54) is 44.7 Å². The van der Waals surface area contributed by atoms with E-state index in [4.69, 9.17) is 5.73 Å². The third kappa shape index (κ3) is 3.21. The number of sulfonamides is 1. The van der Waals surface area contributed by atoms with E-state index in [0.717, 1.165) is 0 Å². The first-order valence-electron chi connectivity index (χ1n) is 7.44. The van der Waals surface area contributed by atoms with Crippen LogP contribution in [0.2, 0.25) is 0 Å². The fraction of sp³-hybridized carbons (Fsp3) is 0.600. The number of rotatable bonds is 6. The van der Waals surface area contributed by atoms with Crippen LogP contribution >= 0.6 is 0 Å². The van der Waals surface area contributed by atoms with Gasteiger partial charge in [-0.1, -0.05) is 0 Å². The molecule has 3 N–H and O–H groups in total. The standard InChI is InChI=1S/C15H21FN2O2S/c1-9-6-12(17)7-14(15(9)16)21(19,20)18-8-13(10-2-3-10)11-4-5-11/h6-7,10-11,13,18H,2-5,8,17H2,1H3. The Morgan fingerprint density at radius 1 is 1.29 bits per heavy atom. The van der Waals surface area contributed by atoms with Gasteiger partial charge >= 0.3 is 0 Å². The van der Waals surface area contributed by atoms with Crippen LogP contribution in [0.15, 0.2) is 17.0 Å². The molecule has 1 aromatic carbocycles. The van der Waals surface area contributed by atoms with E-state index in [0.29, 0.717) is 24.3 Å². The normalized spacial score (nSPS) is 19.2. The SMILES string of the molecule is Cc1cc(N)cc(S(=O)(=O)NCC(C2CC2)C2CC2)c1F. The summed E-state index contributed by atoms with van der Waals surface area (Å²) in [6.07, 6.45) is 4.76. The van der Waals surface area contributed by atoms with Crippen molar-refractivity contribution >= 4 is 15.7 Å². The molecule has 116 valence electrons. The minimum Gasteiger partial charge on any atom is -0.399 e. The zero-order valence-corrected chi connectivity index (χ0v) is 12.9. The molecule has 0 saturated heterocycles. The van der Waals surface area contributed by atoms with Gasteiger partial charge in [0.15, 0.2) is 0 Å². The summed E-state index contributed by atoms with van der Waals surface area (Å²) in [6, 6.07) is 2.62. The van der Waals surface area contributed by atoms with Gasteiger partial charge in [-0.25, -0.2) is 17.5 Å². The molecule has 21 heavy (non-hydrogen) atoms. The number of nitrogen functional groups attached to an aromatic ring is 1. The number of aryl methyl sites for hydroxylation is 1. The lowest BCUT2D eigenvalue weighted by Gasteiger charge is -2.17. The van der Waals surface area contributed by atoms with E-state index in [1.807, 2.05) is 0 Å². The Kier molecular flexibility index (Phi) is 3.69. The van der Waals surface area contributed by atoms with Gasteiger partial charge in [0.2, 0.25) is 10.0 Å². The average Bonchev–Trinajstić information content (AvgIpc) is 3.25. The summed E-state index contributed by atoms with van der Waals surface area (Å²) in [6.45, 7) is 1.92. The van der Waals surface area contributed by atoms with Crippen molar-refractivity contribution in [3.8, 4) is 0 Å². The van der Waals surface area contributed by atoms with Gasteiger partial charge < -0.3 is 5.73 Å². The maximum Gasteiger partial charge on any atom is 0.243 e. The third-order valence-corrected chi connectivity index (χ3v) is 5.92. The van der Waals surface area contributed by atoms with Gasteiger partial charge in [0.05, 0.1) is 0 Å². The quantitative estimate of drug-likeness (QED) is 0.792. The van der Waals surface area contributed by atoms with Gasteiger partial charge in [0.25, 0.3) is 0 Å². The van der Waals surface area contributed by atoms with Crippen molar-refractivity contribution in [3.63, 3.8) is 0 Å². The maximum absolute atomic E-state index is 14.1. The van der Waals surface area contributed by atoms with Gasteiger partial charge in [0.1, 0.15) is 10.7 Å². The highest BCUT2D eigenvalue weighted by atomic mass is 32.2. The topological polar surface area (TPSA) is 72.2 Å². The number of halogens is 1. The Morgan fingerprint density at radius 2 is 1.86 bits per heavy atom. The molecule has 2 saturated carbocycles. The predicted octanol–water partition coefficient (Wildman–Crippen LogP) is 2.43. The molecule has 0 spiro atoms. The van der Waals surface area contributed by atoms with E-state index in [2.05, 4.69) is 4.72 Å². The number of hydrogen-bond donors (Lipinski definition) is 2. The lowest BCUT2D eigenvalue weighted by atomic mass is 9.99. The lowest BCUT2D eigenvalue weighted by molar-refractivity contribution is 0.401. The summed E-state index contributed by atoms with van der Waals surface area (Å²) in [5.41, 5.74) is 6.14.